The Bertz CT molecular complexity index is 1100. The summed E-state index contributed by atoms with van der Waals surface area (Å²) in [5.41, 5.74) is 3.05. The van der Waals surface area contributed by atoms with E-state index in [0.29, 0.717) is 35.8 Å². The minimum Gasteiger partial charge on any atom is -0.464 e. The van der Waals surface area contributed by atoms with Gasteiger partial charge in [0.1, 0.15) is 11.5 Å². The Balaban J connectivity index is 0.00000259. The zero-order chi connectivity index (χ0) is 21.9. The number of carbonyl (C=O) groups is 2. The number of carbonyl (C=O) groups excluding carboxylic acids is 2. The molecule has 2 aliphatic rings. The van der Waals surface area contributed by atoms with Crippen molar-refractivity contribution < 1.29 is 14.0 Å². The fourth-order valence-corrected chi connectivity index (χ4v) is 4.70. The minimum absolute atomic E-state index is 0. The maximum atomic E-state index is 13.1. The van der Waals surface area contributed by atoms with Crippen LogP contribution in [-0.2, 0) is 19.4 Å². The summed E-state index contributed by atoms with van der Waals surface area (Å²) in [6.45, 7) is 2.26. The molecule has 0 aliphatic carbocycles. The Morgan fingerprint density at radius 2 is 1.70 bits per heavy atom. The quantitative estimate of drug-likeness (QED) is 0.550. The number of ketones is 1. The molecule has 1 unspecified atom stereocenters. The number of fused-ring (bicyclic) bond motifs is 1. The lowest BCUT2D eigenvalue weighted by molar-refractivity contribution is 0.0718. The number of rotatable bonds is 5. The first-order chi connectivity index (χ1) is 15.7. The highest BCUT2D eigenvalue weighted by atomic mass is 35.5. The highest BCUT2D eigenvalue weighted by molar-refractivity contribution is 6.09. The molecule has 172 valence electrons. The highest BCUT2D eigenvalue weighted by Crippen LogP contribution is 2.26. The summed E-state index contributed by atoms with van der Waals surface area (Å²) in [5.74, 6) is 1.86. The summed E-state index contributed by atoms with van der Waals surface area (Å²) in [4.78, 5) is 27.5. The zero-order valence-electron chi connectivity index (χ0n) is 18.6. The van der Waals surface area contributed by atoms with Gasteiger partial charge in [-0.25, -0.2) is 0 Å². The first-order valence-electron chi connectivity index (χ1n) is 11.5. The largest absolute Gasteiger partial charge is 0.464 e. The standard InChI is InChI=1S/C27H28N2O3.ClH/c30-26(19-6-2-1-3-7-19)20-9-11-21(12-10-20)27(31)29-15-13-22-16-24(32-25(22)18-29)17-23-8-4-5-14-28-23;/h1-3,6-7,9-12,16,23,28H,4-5,8,13-15,17-18H2;1H. The van der Waals surface area contributed by atoms with Crippen LogP contribution in [0.25, 0.3) is 0 Å². The Kier molecular flexibility index (Phi) is 7.31. The van der Waals surface area contributed by atoms with Crippen LogP contribution >= 0.6 is 12.4 Å². The predicted molar refractivity (Wildman–Crippen MR) is 130 cm³/mol. The fourth-order valence-electron chi connectivity index (χ4n) is 4.70. The van der Waals surface area contributed by atoms with E-state index in [-0.39, 0.29) is 24.1 Å². The Hall–Kier alpha value is -2.89. The van der Waals surface area contributed by atoms with Crippen LogP contribution in [0.5, 0.6) is 0 Å². The number of benzene rings is 2. The number of hydrogen-bond donors (Lipinski definition) is 1. The molecule has 5 rings (SSSR count). The van der Waals surface area contributed by atoms with Gasteiger partial charge in [-0.15, -0.1) is 12.4 Å². The van der Waals surface area contributed by atoms with E-state index in [1.165, 1.54) is 24.8 Å². The summed E-state index contributed by atoms with van der Waals surface area (Å²) >= 11 is 0. The molecule has 1 N–H and O–H groups in total. The molecule has 6 heteroatoms. The molecule has 0 spiro atoms. The molecule has 2 aliphatic heterocycles. The minimum atomic E-state index is -0.0391. The molecular weight excluding hydrogens is 436 g/mol. The van der Waals surface area contributed by atoms with Crippen molar-refractivity contribution in [1.82, 2.24) is 10.2 Å². The maximum absolute atomic E-state index is 13.1. The summed E-state index contributed by atoms with van der Waals surface area (Å²) in [5, 5.41) is 3.57. The van der Waals surface area contributed by atoms with E-state index in [9.17, 15) is 9.59 Å². The second-order valence-electron chi connectivity index (χ2n) is 8.76. The lowest BCUT2D eigenvalue weighted by Gasteiger charge is -2.26. The fraction of sp³-hybridized carbons (Fsp3) is 0.333. The number of halogens is 1. The summed E-state index contributed by atoms with van der Waals surface area (Å²) < 4.78 is 6.15. The molecule has 33 heavy (non-hydrogen) atoms. The first-order valence-corrected chi connectivity index (χ1v) is 11.5. The van der Waals surface area contributed by atoms with Gasteiger partial charge in [0.2, 0.25) is 0 Å². The second-order valence-corrected chi connectivity index (χ2v) is 8.76. The van der Waals surface area contributed by atoms with E-state index < -0.39 is 0 Å². The van der Waals surface area contributed by atoms with Gasteiger partial charge in [-0.05, 0) is 49.6 Å². The van der Waals surface area contributed by atoms with Gasteiger partial charge in [0.05, 0.1) is 6.54 Å². The van der Waals surface area contributed by atoms with Gasteiger partial charge in [0.15, 0.2) is 5.78 Å². The SMILES string of the molecule is Cl.O=C(c1ccccc1)c1ccc(C(=O)N2CCc3cc(CC4CCCCN4)oc3C2)cc1. The van der Waals surface area contributed by atoms with Crippen molar-refractivity contribution in [2.75, 3.05) is 13.1 Å². The van der Waals surface area contributed by atoms with Gasteiger partial charge < -0.3 is 14.6 Å². The molecule has 3 aromatic rings. The van der Waals surface area contributed by atoms with Gasteiger partial charge in [-0.2, -0.15) is 0 Å². The smallest absolute Gasteiger partial charge is 0.254 e. The van der Waals surface area contributed by atoms with Crippen LogP contribution in [0.2, 0.25) is 0 Å². The van der Waals surface area contributed by atoms with Crippen molar-refractivity contribution in [1.29, 1.82) is 0 Å². The van der Waals surface area contributed by atoms with Gasteiger partial charge in [-0.3, -0.25) is 9.59 Å². The molecule has 1 amide bonds. The molecule has 3 heterocycles. The number of furan rings is 1. The zero-order valence-corrected chi connectivity index (χ0v) is 19.4. The van der Waals surface area contributed by atoms with Gasteiger partial charge in [0.25, 0.3) is 5.91 Å². The van der Waals surface area contributed by atoms with Crippen LogP contribution in [-0.4, -0.2) is 35.7 Å². The van der Waals surface area contributed by atoms with Crippen molar-refractivity contribution in [3.05, 3.63) is 94.4 Å². The summed E-state index contributed by atoms with van der Waals surface area (Å²) in [6.07, 6.45) is 5.45. The molecule has 0 radical (unpaired) electrons. The summed E-state index contributed by atoms with van der Waals surface area (Å²) in [6, 6.07) is 18.8. The van der Waals surface area contributed by atoms with Crippen LogP contribution in [0.3, 0.4) is 0 Å². The number of amides is 1. The Labute approximate surface area is 200 Å². The van der Waals surface area contributed by atoms with E-state index >= 15 is 0 Å². The van der Waals surface area contributed by atoms with E-state index in [2.05, 4.69) is 11.4 Å². The number of nitrogens with one attached hydrogen (secondary N) is 1. The van der Waals surface area contributed by atoms with Crippen LogP contribution in [0, 0.1) is 0 Å². The van der Waals surface area contributed by atoms with Crippen LogP contribution in [0.1, 0.15) is 62.6 Å². The lowest BCUT2D eigenvalue weighted by atomic mass is 10.00. The van der Waals surface area contributed by atoms with Crippen LogP contribution in [0.15, 0.2) is 65.1 Å². The predicted octanol–water partition coefficient (Wildman–Crippen LogP) is 4.82. The molecule has 2 aromatic carbocycles. The van der Waals surface area contributed by atoms with E-state index in [1.54, 1.807) is 36.4 Å². The average molecular weight is 465 g/mol. The molecule has 1 atom stereocenters. The second kappa shape index (κ2) is 10.4. The molecule has 0 saturated carbocycles. The molecule has 1 saturated heterocycles. The van der Waals surface area contributed by atoms with E-state index in [1.807, 2.05) is 23.1 Å². The van der Waals surface area contributed by atoms with Crippen molar-refractivity contribution in [3.8, 4) is 0 Å². The first kappa shape index (κ1) is 23.3. The Morgan fingerprint density at radius 1 is 0.970 bits per heavy atom. The van der Waals surface area contributed by atoms with E-state index in [4.69, 9.17) is 4.42 Å². The monoisotopic (exact) mass is 464 g/mol. The lowest BCUT2D eigenvalue weighted by Crippen LogP contribution is -2.35. The van der Waals surface area contributed by atoms with Gasteiger partial charge in [0, 0.05) is 35.7 Å². The number of piperidine rings is 1. The van der Waals surface area contributed by atoms with Crippen molar-refractivity contribution in [2.45, 2.75) is 44.7 Å². The Morgan fingerprint density at radius 3 is 2.42 bits per heavy atom. The number of nitrogens with zero attached hydrogens (tertiary/aromatic N) is 1. The molecule has 1 fully saturated rings. The number of hydrogen-bond acceptors (Lipinski definition) is 4. The van der Waals surface area contributed by atoms with Crippen molar-refractivity contribution in [3.63, 3.8) is 0 Å². The summed E-state index contributed by atoms with van der Waals surface area (Å²) in [7, 11) is 0. The average Bonchev–Trinajstić information content (AvgIpc) is 3.26. The van der Waals surface area contributed by atoms with Gasteiger partial charge >= 0.3 is 0 Å². The topological polar surface area (TPSA) is 62.6 Å². The third kappa shape index (κ3) is 5.21. The third-order valence-electron chi connectivity index (χ3n) is 6.51. The van der Waals surface area contributed by atoms with Crippen LogP contribution in [0.4, 0.5) is 0 Å². The molecular formula is C27H29ClN2O3. The van der Waals surface area contributed by atoms with Crippen molar-refractivity contribution >= 4 is 24.1 Å². The third-order valence-corrected chi connectivity index (χ3v) is 6.51. The van der Waals surface area contributed by atoms with Crippen LogP contribution < -0.4 is 5.32 Å². The van der Waals surface area contributed by atoms with Crippen molar-refractivity contribution in [2.24, 2.45) is 0 Å². The van der Waals surface area contributed by atoms with E-state index in [0.717, 1.165) is 30.9 Å². The highest BCUT2D eigenvalue weighted by Gasteiger charge is 2.26. The maximum Gasteiger partial charge on any atom is 0.254 e. The van der Waals surface area contributed by atoms with Gasteiger partial charge in [-0.1, -0.05) is 48.9 Å². The molecule has 5 nitrogen and oxygen atoms in total. The molecule has 1 aromatic heterocycles. The normalized spacial score (nSPS) is 17.7. The molecule has 0 bridgehead atoms.